The summed E-state index contributed by atoms with van der Waals surface area (Å²) in [6.45, 7) is 0.999. The number of nitrogens with one attached hydrogen (secondary N) is 1. The molecule has 0 atom stereocenters. The SMILES string of the molecule is CC(=O)Nc1ccc(N(S(=O)(=O)C(F)(F)F)S(=O)(=O)C(F)(F)F)cc1Cl. The van der Waals surface area contributed by atoms with Crippen molar-refractivity contribution in [1.82, 2.24) is 0 Å². The molecular weight excluding hydrogens is 442 g/mol. The second-order valence-electron chi connectivity index (χ2n) is 4.44. The largest absolute Gasteiger partial charge is 0.517 e. The molecule has 0 saturated carbocycles. The fraction of sp³-hybridized carbons (Fsp3) is 0.300. The fourth-order valence-corrected chi connectivity index (χ4v) is 4.42. The number of hydrogen-bond donors (Lipinski definition) is 1. The Morgan fingerprint density at radius 1 is 1.00 bits per heavy atom. The van der Waals surface area contributed by atoms with E-state index < -0.39 is 51.4 Å². The lowest BCUT2D eigenvalue weighted by Gasteiger charge is -2.25. The summed E-state index contributed by atoms with van der Waals surface area (Å²) in [5.74, 6) is -0.720. The number of hydrogen-bond acceptors (Lipinski definition) is 5. The lowest BCUT2D eigenvalue weighted by atomic mass is 10.3. The summed E-state index contributed by atoms with van der Waals surface area (Å²) in [6.07, 6.45) is 0. The number of benzene rings is 1. The Labute approximate surface area is 147 Å². The molecule has 1 rings (SSSR count). The standard InChI is InChI=1S/C10H7ClF6N2O5S2/c1-5(20)18-8-3-2-6(4-7(8)11)19(25(21,22)9(12,13)14)26(23,24)10(15,16)17/h2-4H,1H3,(H,18,20). The zero-order valence-electron chi connectivity index (χ0n) is 12.2. The smallest absolute Gasteiger partial charge is 0.325 e. The number of rotatable bonds is 4. The minimum atomic E-state index is -7.01. The molecule has 1 aromatic carbocycles. The number of amides is 1. The van der Waals surface area contributed by atoms with Crippen LogP contribution in [0, 0.1) is 0 Å². The van der Waals surface area contributed by atoms with E-state index in [0.29, 0.717) is 12.1 Å². The number of anilines is 2. The number of sulfonamides is 2. The monoisotopic (exact) mass is 448 g/mol. The van der Waals surface area contributed by atoms with Crippen molar-refractivity contribution in [3.63, 3.8) is 0 Å². The van der Waals surface area contributed by atoms with Crippen LogP contribution in [0.15, 0.2) is 18.2 Å². The molecule has 0 unspecified atom stereocenters. The van der Waals surface area contributed by atoms with Gasteiger partial charge in [-0.25, -0.2) is 0 Å². The topological polar surface area (TPSA) is 101 Å². The Morgan fingerprint density at radius 2 is 1.42 bits per heavy atom. The second kappa shape index (κ2) is 6.77. The summed E-state index contributed by atoms with van der Waals surface area (Å²) in [4.78, 5) is 10.9. The van der Waals surface area contributed by atoms with Crippen molar-refractivity contribution >= 4 is 48.9 Å². The molecule has 0 fully saturated rings. The van der Waals surface area contributed by atoms with Crippen molar-refractivity contribution in [2.45, 2.75) is 17.9 Å². The zero-order chi connectivity index (χ0) is 20.7. The lowest BCUT2D eigenvalue weighted by Crippen LogP contribution is -2.49. The van der Waals surface area contributed by atoms with E-state index in [1.807, 2.05) is 5.32 Å². The summed E-state index contributed by atoms with van der Waals surface area (Å²) in [7, 11) is -14.0. The van der Waals surface area contributed by atoms with Crippen LogP contribution in [-0.2, 0) is 24.8 Å². The van der Waals surface area contributed by atoms with E-state index in [0.717, 1.165) is 6.92 Å². The molecule has 0 aliphatic rings. The second-order valence-corrected chi connectivity index (χ2v) is 8.64. The Balaban J connectivity index is 3.75. The molecule has 0 aliphatic carbocycles. The molecule has 0 bridgehead atoms. The molecule has 7 nitrogen and oxygen atoms in total. The van der Waals surface area contributed by atoms with Crippen LogP contribution in [0.3, 0.4) is 0 Å². The highest BCUT2D eigenvalue weighted by atomic mass is 35.5. The van der Waals surface area contributed by atoms with Gasteiger partial charge in [-0.2, -0.15) is 43.2 Å². The minimum Gasteiger partial charge on any atom is -0.325 e. The van der Waals surface area contributed by atoms with Gasteiger partial charge in [-0.3, -0.25) is 4.79 Å². The minimum absolute atomic E-state index is 0.208. The molecule has 0 heterocycles. The van der Waals surface area contributed by atoms with Crippen LogP contribution in [0.4, 0.5) is 37.7 Å². The van der Waals surface area contributed by atoms with Gasteiger partial charge in [-0.15, -0.1) is 3.71 Å². The van der Waals surface area contributed by atoms with Gasteiger partial charge in [0.15, 0.2) is 0 Å². The van der Waals surface area contributed by atoms with Gasteiger partial charge in [-0.05, 0) is 18.2 Å². The molecule has 0 spiro atoms. The van der Waals surface area contributed by atoms with Crippen molar-refractivity contribution in [1.29, 1.82) is 0 Å². The average molecular weight is 449 g/mol. The van der Waals surface area contributed by atoms with E-state index in [4.69, 9.17) is 11.6 Å². The average Bonchev–Trinajstić information content (AvgIpc) is 2.38. The molecule has 16 heteroatoms. The first-order valence-corrected chi connectivity index (χ1v) is 9.19. The van der Waals surface area contributed by atoms with Crippen LogP contribution in [0.2, 0.25) is 5.02 Å². The molecule has 0 radical (unpaired) electrons. The van der Waals surface area contributed by atoms with Gasteiger partial charge < -0.3 is 5.32 Å². The molecule has 26 heavy (non-hydrogen) atoms. The zero-order valence-corrected chi connectivity index (χ0v) is 14.6. The van der Waals surface area contributed by atoms with Crippen LogP contribution < -0.4 is 9.03 Å². The maximum absolute atomic E-state index is 12.7. The quantitative estimate of drug-likeness (QED) is 0.714. The molecule has 0 aromatic heterocycles. The van der Waals surface area contributed by atoms with Crippen LogP contribution in [0.5, 0.6) is 0 Å². The first-order valence-electron chi connectivity index (χ1n) is 5.93. The highest BCUT2D eigenvalue weighted by Gasteiger charge is 2.61. The fourth-order valence-electron chi connectivity index (χ4n) is 1.50. The molecule has 1 aromatic rings. The Bertz CT molecular complexity index is 882. The Kier molecular flexibility index (Phi) is 5.81. The molecule has 1 N–H and O–H groups in total. The van der Waals surface area contributed by atoms with Crippen LogP contribution in [0.25, 0.3) is 0 Å². The molecule has 0 aliphatic heterocycles. The first-order chi connectivity index (χ1) is 11.4. The van der Waals surface area contributed by atoms with E-state index in [1.54, 1.807) is 0 Å². The maximum atomic E-state index is 12.7. The Morgan fingerprint density at radius 3 is 1.73 bits per heavy atom. The summed E-state index contributed by atoms with van der Waals surface area (Å²) >= 11 is 5.55. The van der Waals surface area contributed by atoms with Crippen molar-refractivity contribution in [2.24, 2.45) is 0 Å². The third-order valence-electron chi connectivity index (χ3n) is 2.50. The van der Waals surface area contributed by atoms with Gasteiger partial charge in [-0.1, -0.05) is 11.6 Å². The van der Waals surface area contributed by atoms with E-state index in [-0.39, 0.29) is 11.8 Å². The van der Waals surface area contributed by atoms with E-state index in [1.165, 1.54) is 0 Å². The van der Waals surface area contributed by atoms with Crippen LogP contribution >= 0.6 is 11.6 Å². The Hall–Kier alpha value is -1.74. The third-order valence-corrected chi connectivity index (χ3v) is 6.45. The highest BCUT2D eigenvalue weighted by molar-refractivity contribution is 8.11. The molecule has 1 amide bonds. The predicted molar refractivity (Wildman–Crippen MR) is 78.2 cm³/mol. The molecule has 0 saturated heterocycles. The number of carbonyl (C=O) groups is 1. The van der Waals surface area contributed by atoms with Crippen molar-refractivity contribution in [2.75, 3.05) is 9.03 Å². The van der Waals surface area contributed by atoms with Crippen LogP contribution in [0.1, 0.15) is 6.92 Å². The van der Waals surface area contributed by atoms with E-state index in [2.05, 4.69) is 0 Å². The predicted octanol–water partition coefficient (Wildman–Crippen LogP) is 2.80. The number of nitrogens with zero attached hydrogens (tertiary/aromatic N) is 1. The molecular formula is C10H7ClF6N2O5S2. The number of halogens is 7. The van der Waals surface area contributed by atoms with Crippen molar-refractivity contribution in [3.8, 4) is 0 Å². The summed E-state index contributed by atoms with van der Waals surface area (Å²) in [6, 6.07) is 1.13. The van der Waals surface area contributed by atoms with Gasteiger partial charge >= 0.3 is 31.1 Å². The number of alkyl halides is 6. The molecule has 148 valence electrons. The van der Waals surface area contributed by atoms with Crippen LogP contribution in [-0.4, -0.2) is 33.8 Å². The van der Waals surface area contributed by atoms with Crippen molar-refractivity contribution < 1.29 is 48.0 Å². The lowest BCUT2D eigenvalue weighted by molar-refractivity contribution is -0.114. The maximum Gasteiger partial charge on any atom is 0.517 e. The van der Waals surface area contributed by atoms with Gasteiger partial charge in [0.1, 0.15) is 0 Å². The third kappa shape index (κ3) is 4.15. The summed E-state index contributed by atoms with van der Waals surface area (Å²) in [5, 5.41) is 1.33. The first kappa shape index (κ1) is 22.3. The highest BCUT2D eigenvalue weighted by Crippen LogP contribution is 2.40. The normalized spacial score (nSPS) is 13.4. The van der Waals surface area contributed by atoms with Gasteiger partial charge in [0.25, 0.3) is 0 Å². The van der Waals surface area contributed by atoms with Crippen molar-refractivity contribution in [3.05, 3.63) is 23.2 Å². The summed E-state index contributed by atoms with van der Waals surface area (Å²) < 4.78 is 120. The van der Waals surface area contributed by atoms with Gasteiger partial charge in [0, 0.05) is 6.92 Å². The summed E-state index contributed by atoms with van der Waals surface area (Å²) in [5.41, 5.74) is -14.6. The van der Waals surface area contributed by atoms with Gasteiger partial charge in [0.2, 0.25) is 5.91 Å². The van der Waals surface area contributed by atoms with E-state index in [9.17, 15) is 48.0 Å². The number of carbonyl (C=O) groups excluding carboxylic acids is 1. The van der Waals surface area contributed by atoms with Gasteiger partial charge in [0.05, 0.1) is 16.4 Å². The van der Waals surface area contributed by atoms with E-state index >= 15 is 0 Å².